The van der Waals surface area contributed by atoms with Gasteiger partial charge in [0.15, 0.2) is 5.16 Å². The number of hydrogen-bond donors (Lipinski definition) is 2. The van der Waals surface area contributed by atoms with Gasteiger partial charge in [0.1, 0.15) is 23.0 Å². The average Bonchev–Trinajstić information content (AvgIpc) is 2.82. The van der Waals surface area contributed by atoms with Crippen molar-refractivity contribution < 1.29 is 0 Å². The molecule has 0 saturated carbocycles. The molecule has 2 N–H and O–H groups in total. The minimum absolute atomic E-state index is 0.730. The van der Waals surface area contributed by atoms with Gasteiger partial charge >= 0.3 is 0 Å². The van der Waals surface area contributed by atoms with Crippen LogP contribution in [0.3, 0.4) is 0 Å². The Morgan fingerprint density at radius 1 is 1.35 bits per heavy atom. The van der Waals surface area contributed by atoms with Gasteiger partial charge in [0.25, 0.3) is 0 Å². The minimum atomic E-state index is 0.730. The summed E-state index contributed by atoms with van der Waals surface area (Å²) >= 11 is 1.44. The molecule has 2 heterocycles. The Morgan fingerprint density at radius 2 is 2.24 bits per heavy atom. The summed E-state index contributed by atoms with van der Waals surface area (Å²) in [5.41, 5.74) is 0. The van der Waals surface area contributed by atoms with E-state index in [9.17, 15) is 0 Å². The fourth-order valence-corrected chi connectivity index (χ4v) is 2.02. The topological polar surface area (TPSA) is 79.4 Å². The fraction of sp³-hybridized carbons (Fsp3) is 0.400. The molecule has 0 bridgehead atoms. The first kappa shape index (κ1) is 11.8. The molecule has 0 fully saturated rings. The molecule has 2 aromatic rings. The number of aromatic nitrogens is 5. The lowest BCUT2D eigenvalue weighted by molar-refractivity contribution is 0.882. The SMILES string of the molecule is CCNc1cc(Sc2ncn[nH]2)nc(CC)n1. The van der Waals surface area contributed by atoms with Gasteiger partial charge in [-0.2, -0.15) is 5.10 Å². The average molecular weight is 250 g/mol. The first-order valence-electron chi connectivity index (χ1n) is 5.46. The van der Waals surface area contributed by atoms with Gasteiger partial charge in [-0.05, 0) is 18.7 Å². The molecular formula is C10H14N6S. The molecule has 0 saturated heterocycles. The van der Waals surface area contributed by atoms with Crippen LogP contribution in [0.5, 0.6) is 0 Å². The third kappa shape index (κ3) is 3.16. The van der Waals surface area contributed by atoms with E-state index in [1.165, 1.54) is 18.1 Å². The smallest absolute Gasteiger partial charge is 0.189 e. The third-order valence-corrected chi connectivity index (χ3v) is 2.83. The second-order valence-corrected chi connectivity index (χ2v) is 4.29. The molecule has 7 heteroatoms. The third-order valence-electron chi connectivity index (χ3n) is 2.02. The van der Waals surface area contributed by atoms with E-state index in [0.29, 0.717) is 0 Å². The first-order chi connectivity index (χ1) is 8.31. The molecule has 0 unspecified atom stereocenters. The second-order valence-electron chi connectivity index (χ2n) is 3.28. The number of H-pyrrole nitrogens is 1. The van der Waals surface area contributed by atoms with Gasteiger partial charge < -0.3 is 5.32 Å². The van der Waals surface area contributed by atoms with Crippen LogP contribution in [0.1, 0.15) is 19.7 Å². The summed E-state index contributed by atoms with van der Waals surface area (Å²) in [7, 11) is 0. The Bertz CT molecular complexity index is 470. The van der Waals surface area contributed by atoms with Gasteiger partial charge in [-0.15, -0.1) is 0 Å². The zero-order valence-electron chi connectivity index (χ0n) is 9.77. The summed E-state index contributed by atoms with van der Waals surface area (Å²) in [5.74, 6) is 1.67. The van der Waals surface area contributed by atoms with Crippen LogP contribution >= 0.6 is 11.8 Å². The molecule has 0 amide bonds. The van der Waals surface area contributed by atoms with Crippen LogP contribution in [-0.2, 0) is 6.42 Å². The molecule has 0 atom stereocenters. The highest BCUT2D eigenvalue weighted by molar-refractivity contribution is 7.99. The number of nitrogens with zero attached hydrogens (tertiary/aromatic N) is 4. The summed E-state index contributed by atoms with van der Waals surface area (Å²) < 4.78 is 0. The maximum atomic E-state index is 4.43. The van der Waals surface area contributed by atoms with Crippen molar-refractivity contribution in [2.24, 2.45) is 0 Å². The van der Waals surface area contributed by atoms with Crippen LogP contribution in [0.15, 0.2) is 22.6 Å². The molecular weight excluding hydrogens is 236 g/mol. The first-order valence-corrected chi connectivity index (χ1v) is 6.28. The largest absolute Gasteiger partial charge is 0.370 e. The highest BCUT2D eigenvalue weighted by Gasteiger charge is 2.06. The zero-order chi connectivity index (χ0) is 12.1. The Morgan fingerprint density at radius 3 is 2.88 bits per heavy atom. The molecule has 0 aromatic carbocycles. The van der Waals surface area contributed by atoms with Crippen molar-refractivity contribution in [3.05, 3.63) is 18.2 Å². The minimum Gasteiger partial charge on any atom is -0.370 e. The molecule has 2 rings (SSSR count). The van der Waals surface area contributed by atoms with Gasteiger partial charge in [-0.1, -0.05) is 6.92 Å². The predicted octanol–water partition coefficient (Wildman–Crippen LogP) is 1.74. The molecule has 0 aliphatic heterocycles. The standard InChI is InChI=1S/C10H14N6S/c1-3-7-14-8(11-4-2)5-9(15-7)17-10-12-6-13-16-10/h5-6H,3-4H2,1-2H3,(H,11,14,15)(H,12,13,16). The maximum absolute atomic E-state index is 4.43. The van der Waals surface area contributed by atoms with Gasteiger partial charge in [0, 0.05) is 19.0 Å². The van der Waals surface area contributed by atoms with Gasteiger partial charge in [0.2, 0.25) is 0 Å². The lowest BCUT2D eigenvalue weighted by Gasteiger charge is -2.06. The lowest BCUT2D eigenvalue weighted by Crippen LogP contribution is -2.03. The summed E-state index contributed by atoms with van der Waals surface area (Å²) in [4.78, 5) is 12.9. The van der Waals surface area contributed by atoms with E-state index in [1.807, 2.05) is 19.9 Å². The Labute approximate surface area is 104 Å². The monoisotopic (exact) mass is 250 g/mol. The molecule has 0 spiro atoms. The Balaban J connectivity index is 2.23. The van der Waals surface area contributed by atoms with E-state index in [-0.39, 0.29) is 0 Å². The van der Waals surface area contributed by atoms with E-state index in [0.717, 1.165) is 34.8 Å². The normalized spacial score (nSPS) is 10.5. The summed E-state index contributed by atoms with van der Waals surface area (Å²) in [6, 6.07) is 1.91. The molecule has 6 nitrogen and oxygen atoms in total. The molecule has 0 aliphatic carbocycles. The molecule has 0 radical (unpaired) electrons. The number of aromatic amines is 1. The Kier molecular flexibility index (Phi) is 3.92. The Hall–Kier alpha value is -1.63. The van der Waals surface area contributed by atoms with E-state index in [4.69, 9.17) is 0 Å². The van der Waals surface area contributed by atoms with Crippen molar-refractivity contribution in [2.75, 3.05) is 11.9 Å². The number of hydrogen-bond acceptors (Lipinski definition) is 6. The van der Waals surface area contributed by atoms with Gasteiger partial charge in [-0.3, -0.25) is 5.10 Å². The van der Waals surface area contributed by atoms with Crippen molar-refractivity contribution in [2.45, 2.75) is 30.5 Å². The predicted molar refractivity (Wildman–Crippen MR) is 66.1 cm³/mol. The number of nitrogens with one attached hydrogen (secondary N) is 2. The zero-order valence-corrected chi connectivity index (χ0v) is 10.6. The van der Waals surface area contributed by atoms with Gasteiger partial charge in [0.05, 0.1) is 0 Å². The van der Waals surface area contributed by atoms with Crippen molar-refractivity contribution in [3.63, 3.8) is 0 Å². The highest BCUT2D eigenvalue weighted by Crippen LogP contribution is 2.23. The van der Waals surface area contributed by atoms with Gasteiger partial charge in [-0.25, -0.2) is 15.0 Å². The second kappa shape index (κ2) is 5.62. The number of aryl methyl sites for hydroxylation is 1. The van der Waals surface area contributed by atoms with E-state index in [1.54, 1.807) is 0 Å². The molecule has 2 aromatic heterocycles. The maximum Gasteiger partial charge on any atom is 0.189 e. The number of anilines is 1. The van der Waals surface area contributed by atoms with Crippen molar-refractivity contribution in [1.29, 1.82) is 0 Å². The number of rotatable bonds is 5. The highest BCUT2D eigenvalue weighted by atomic mass is 32.2. The molecule has 17 heavy (non-hydrogen) atoms. The van der Waals surface area contributed by atoms with Crippen LogP contribution < -0.4 is 5.32 Å². The molecule has 90 valence electrons. The van der Waals surface area contributed by atoms with E-state index in [2.05, 4.69) is 30.5 Å². The van der Waals surface area contributed by atoms with Crippen LogP contribution in [0.25, 0.3) is 0 Å². The fourth-order valence-electron chi connectivity index (χ4n) is 1.30. The molecule has 0 aliphatic rings. The van der Waals surface area contributed by atoms with Crippen LogP contribution in [0.2, 0.25) is 0 Å². The van der Waals surface area contributed by atoms with E-state index >= 15 is 0 Å². The van der Waals surface area contributed by atoms with Crippen LogP contribution in [0, 0.1) is 0 Å². The lowest BCUT2D eigenvalue weighted by atomic mass is 10.4. The van der Waals surface area contributed by atoms with E-state index < -0.39 is 0 Å². The summed E-state index contributed by atoms with van der Waals surface area (Å²) in [6.45, 7) is 4.91. The van der Waals surface area contributed by atoms with Crippen molar-refractivity contribution >= 4 is 17.6 Å². The van der Waals surface area contributed by atoms with Crippen molar-refractivity contribution in [3.8, 4) is 0 Å². The van der Waals surface area contributed by atoms with Crippen LogP contribution in [0.4, 0.5) is 5.82 Å². The van der Waals surface area contributed by atoms with Crippen LogP contribution in [-0.4, -0.2) is 31.7 Å². The summed E-state index contributed by atoms with van der Waals surface area (Å²) in [6.07, 6.45) is 2.29. The van der Waals surface area contributed by atoms with Crippen molar-refractivity contribution in [1.82, 2.24) is 25.1 Å². The summed E-state index contributed by atoms with van der Waals surface area (Å²) in [5, 5.41) is 11.4. The quantitative estimate of drug-likeness (QED) is 0.787.